The number of hydrogen-bond donors (Lipinski definition) is 0. The van der Waals surface area contributed by atoms with Crippen LogP contribution in [0, 0.1) is 17.1 Å². The molecular weight excluding hydrogens is 253 g/mol. The van der Waals surface area contributed by atoms with Gasteiger partial charge >= 0.3 is 0 Å². The van der Waals surface area contributed by atoms with E-state index in [0.717, 1.165) is 12.8 Å². The van der Waals surface area contributed by atoms with E-state index in [1.807, 2.05) is 18.2 Å². The van der Waals surface area contributed by atoms with Gasteiger partial charge in [-0.3, -0.25) is 0 Å². The Morgan fingerprint density at radius 2 is 1.75 bits per heavy atom. The average Bonchev–Trinajstić information content (AvgIpc) is 2.46. The van der Waals surface area contributed by atoms with Gasteiger partial charge in [0.25, 0.3) is 0 Å². The predicted octanol–water partition coefficient (Wildman–Crippen LogP) is 4.37. The van der Waals surface area contributed by atoms with E-state index < -0.39 is 5.82 Å². The summed E-state index contributed by atoms with van der Waals surface area (Å²) in [5.74, 6) is 0.592. The quantitative estimate of drug-likeness (QED) is 0.809. The maximum Gasteiger partial charge on any atom is 0.131 e. The lowest BCUT2D eigenvalue weighted by atomic mass is 9.92. The monoisotopic (exact) mass is 267 g/mol. The van der Waals surface area contributed by atoms with Gasteiger partial charge in [0.2, 0.25) is 0 Å². The van der Waals surface area contributed by atoms with Crippen molar-refractivity contribution in [3.8, 4) is 17.6 Å². The van der Waals surface area contributed by atoms with E-state index in [1.54, 1.807) is 6.07 Å². The van der Waals surface area contributed by atoms with Crippen LogP contribution in [-0.2, 0) is 12.8 Å². The van der Waals surface area contributed by atoms with Crippen LogP contribution < -0.4 is 4.74 Å². The molecule has 1 aliphatic carbocycles. The molecule has 0 bridgehead atoms. The number of aryl methyl sites for hydroxylation is 2. The summed E-state index contributed by atoms with van der Waals surface area (Å²) in [6.45, 7) is 0. The Labute approximate surface area is 117 Å². The van der Waals surface area contributed by atoms with Crippen molar-refractivity contribution in [3.05, 3.63) is 58.9 Å². The predicted molar refractivity (Wildman–Crippen MR) is 74.3 cm³/mol. The molecule has 2 aromatic carbocycles. The first-order valence-corrected chi connectivity index (χ1v) is 6.75. The molecule has 0 aliphatic heterocycles. The highest BCUT2D eigenvalue weighted by atomic mass is 19.1. The second-order valence-electron chi connectivity index (χ2n) is 5.03. The molecule has 0 unspecified atom stereocenters. The Bertz CT molecular complexity index is 688. The second kappa shape index (κ2) is 5.34. The third kappa shape index (κ3) is 2.65. The van der Waals surface area contributed by atoms with Crippen molar-refractivity contribution >= 4 is 0 Å². The summed E-state index contributed by atoms with van der Waals surface area (Å²) in [7, 11) is 0. The Balaban J connectivity index is 1.88. The first kappa shape index (κ1) is 12.7. The number of fused-ring (bicyclic) bond motifs is 1. The lowest BCUT2D eigenvalue weighted by molar-refractivity contribution is 0.475. The number of nitrogens with zero attached hydrogens (tertiary/aromatic N) is 1. The molecule has 0 amide bonds. The summed E-state index contributed by atoms with van der Waals surface area (Å²) in [5.41, 5.74) is 2.95. The van der Waals surface area contributed by atoms with Gasteiger partial charge in [0, 0.05) is 6.07 Å². The van der Waals surface area contributed by atoms with Gasteiger partial charge in [0.1, 0.15) is 17.3 Å². The van der Waals surface area contributed by atoms with E-state index in [0.29, 0.717) is 11.5 Å². The SMILES string of the molecule is N#Cc1cc(F)cc(Oc2ccc3c(c2)CCCC3)c1. The highest BCUT2D eigenvalue weighted by Crippen LogP contribution is 2.29. The second-order valence-corrected chi connectivity index (χ2v) is 5.03. The first-order chi connectivity index (χ1) is 9.74. The van der Waals surface area contributed by atoms with E-state index >= 15 is 0 Å². The Kier molecular flexibility index (Phi) is 3.39. The maximum absolute atomic E-state index is 13.4. The van der Waals surface area contributed by atoms with Gasteiger partial charge in [-0.15, -0.1) is 0 Å². The fourth-order valence-electron chi connectivity index (χ4n) is 2.60. The number of halogens is 1. The molecule has 0 atom stereocenters. The molecule has 2 aromatic rings. The lowest BCUT2D eigenvalue weighted by Gasteiger charge is -2.16. The molecule has 2 nitrogen and oxygen atoms in total. The number of nitriles is 1. The minimum Gasteiger partial charge on any atom is -0.457 e. The van der Waals surface area contributed by atoms with Gasteiger partial charge in [-0.1, -0.05) is 6.07 Å². The number of rotatable bonds is 2. The van der Waals surface area contributed by atoms with E-state index in [-0.39, 0.29) is 5.56 Å². The molecule has 3 heteroatoms. The summed E-state index contributed by atoms with van der Waals surface area (Å²) < 4.78 is 19.0. The van der Waals surface area contributed by atoms with Crippen LogP contribution in [0.5, 0.6) is 11.5 Å². The molecule has 0 spiro atoms. The molecule has 0 heterocycles. The zero-order valence-corrected chi connectivity index (χ0v) is 11.0. The summed E-state index contributed by atoms with van der Waals surface area (Å²) in [6, 6.07) is 12.0. The highest BCUT2D eigenvalue weighted by molar-refractivity contribution is 5.42. The van der Waals surface area contributed by atoms with Gasteiger partial charge in [-0.2, -0.15) is 5.26 Å². The number of hydrogen-bond acceptors (Lipinski definition) is 2. The van der Waals surface area contributed by atoms with E-state index in [2.05, 4.69) is 6.07 Å². The number of benzene rings is 2. The van der Waals surface area contributed by atoms with Crippen molar-refractivity contribution in [1.82, 2.24) is 0 Å². The molecule has 100 valence electrons. The topological polar surface area (TPSA) is 33.0 Å². The summed E-state index contributed by atoms with van der Waals surface area (Å²) in [6.07, 6.45) is 4.63. The maximum atomic E-state index is 13.4. The van der Waals surface area contributed by atoms with Crippen molar-refractivity contribution in [3.63, 3.8) is 0 Å². The van der Waals surface area contributed by atoms with Gasteiger partial charge in [0.05, 0.1) is 11.6 Å². The van der Waals surface area contributed by atoms with Gasteiger partial charge in [-0.25, -0.2) is 4.39 Å². The fraction of sp³-hybridized carbons (Fsp3) is 0.235. The van der Waals surface area contributed by atoms with Gasteiger partial charge in [0.15, 0.2) is 0 Å². The zero-order chi connectivity index (χ0) is 13.9. The molecule has 0 radical (unpaired) electrons. The number of ether oxygens (including phenoxy) is 1. The van der Waals surface area contributed by atoms with Crippen LogP contribution in [0.2, 0.25) is 0 Å². The minimum atomic E-state index is -0.461. The fourth-order valence-corrected chi connectivity index (χ4v) is 2.60. The van der Waals surface area contributed by atoms with Crippen molar-refractivity contribution in [2.45, 2.75) is 25.7 Å². The summed E-state index contributed by atoms with van der Waals surface area (Å²) in [5, 5.41) is 8.84. The van der Waals surface area contributed by atoms with Crippen molar-refractivity contribution in [2.24, 2.45) is 0 Å². The van der Waals surface area contributed by atoms with Gasteiger partial charge < -0.3 is 4.74 Å². The third-order valence-electron chi connectivity index (χ3n) is 3.56. The van der Waals surface area contributed by atoms with Crippen molar-refractivity contribution in [2.75, 3.05) is 0 Å². The summed E-state index contributed by atoms with van der Waals surface area (Å²) >= 11 is 0. The molecular formula is C17H14FNO. The molecule has 0 N–H and O–H groups in total. The Morgan fingerprint density at radius 1 is 0.950 bits per heavy atom. The normalized spacial score (nSPS) is 13.4. The van der Waals surface area contributed by atoms with Crippen LogP contribution in [0.25, 0.3) is 0 Å². The van der Waals surface area contributed by atoms with E-state index in [1.165, 1.54) is 36.1 Å². The standard InChI is InChI=1S/C17H14FNO/c18-15-7-12(11-19)8-17(10-15)20-16-6-5-13-3-1-2-4-14(13)9-16/h5-10H,1-4H2. The van der Waals surface area contributed by atoms with Crippen LogP contribution >= 0.6 is 0 Å². The molecule has 1 aliphatic rings. The minimum absolute atomic E-state index is 0.262. The molecule has 0 saturated carbocycles. The van der Waals surface area contributed by atoms with Crippen LogP contribution in [-0.4, -0.2) is 0 Å². The lowest BCUT2D eigenvalue weighted by Crippen LogP contribution is -2.02. The average molecular weight is 267 g/mol. The van der Waals surface area contributed by atoms with Crippen molar-refractivity contribution < 1.29 is 9.13 Å². The van der Waals surface area contributed by atoms with Gasteiger partial charge in [-0.05, 0) is 61.1 Å². The van der Waals surface area contributed by atoms with Crippen LogP contribution in [0.1, 0.15) is 29.5 Å². The highest BCUT2D eigenvalue weighted by Gasteiger charge is 2.10. The molecule has 0 fully saturated rings. The Hall–Kier alpha value is -2.34. The van der Waals surface area contributed by atoms with Crippen LogP contribution in [0.15, 0.2) is 36.4 Å². The van der Waals surface area contributed by atoms with Crippen LogP contribution in [0.4, 0.5) is 4.39 Å². The molecule has 0 saturated heterocycles. The molecule has 3 rings (SSSR count). The molecule has 20 heavy (non-hydrogen) atoms. The summed E-state index contributed by atoms with van der Waals surface area (Å²) in [4.78, 5) is 0. The van der Waals surface area contributed by atoms with E-state index in [9.17, 15) is 4.39 Å². The third-order valence-corrected chi connectivity index (χ3v) is 3.56. The largest absolute Gasteiger partial charge is 0.457 e. The first-order valence-electron chi connectivity index (χ1n) is 6.75. The van der Waals surface area contributed by atoms with E-state index in [4.69, 9.17) is 10.00 Å². The van der Waals surface area contributed by atoms with Crippen molar-refractivity contribution in [1.29, 1.82) is 5.26 Å². The molecule has 0 aromatic heterocycles. The zero-order valence-electron chi connectivity index (χ0n) is 11.0. The van der Waals surface area contributed by atoms with Crippen LogP contribution in [0.3, 0.4) is 0 Å². The smallest absolute Gasteiger partial charge is 0.131 e. The Morgan fingerprint density at radius 3 is 2.55 bits per heavy atom.